The Balaban J connectivity index is 2.05. The van der Waals surface area contributed by atoms with E-state index in [0.717, 1.165) is 19.3 Å². The lowest BCUT2D eigenvalue weighted by Gasteiger charge is -2.23. The van der Waals surface area contributed by atoms with Gasteiger partial charge in [-0.3, -0.25) is 4.79 Å². The molecule has 0 unspecified atom stereocenters. The zero-order chi connectivity index (χ0) is 13.3. The van der Waals surface area contributed by atoms with E-state index in [1.165, 1.54) is 16.1 Å². The first-order chi connectivity index (χ1) is 8.46. The average Bonchev–Trinajstić information content (AvgIpc) is 3.06. The zero-order valence-electron chi connectivity index (χ0n) is 10.8. The second-order valence-electron chi connectivity index (χ2n) is 4.96. The van der Waals surface area contributed by atoms with Crippen molar-refractivity contribution in [3.05, 3.63) is 0 Å². The molecular weight excluding hydrogens is 272 g/mol. The molecule has 1 saturated heterocycles. The van der Waals surface area contributed by atoms with Gasteiger partial charge in [0.15, 0.2) is 0 Å². The molecule has 0 spiro atoms. The first kappa shape index (κ1) is 14.1. The van der Waals surface area contributed by atoms with Gasteiger partial charge >= 0.3 is 0 Å². The van der Waals surface area contributed by atoms with Gasteiger partial charge in [0, 0.05) is 11.8 Å². The van der Waals surface area contributed by atoms with Crippen molar-refractivity contribution in [2.24, 2.45) is 0 Å². The highest BCUT2D eigenvalue weighted by Gasteiger charge is 2.46. The van der Waals surface area contributed by atoms with Crippen LogP contribution in [0.15, 0.2) is 0 Å². The Labute approximate surface area is 113 Å². The Morgan fingerprint density at radius 3 is 2.72 bits per heavy atom. The van der Waals surface area contributed by atoms with Crippen LogP contribution in [0.5, 0.6) is 0 Å². The van der Waals surface area contributed by atoms with Crippen LogP contribution in [-0.4, -0.2) is 47.6 Å². The molecule has 0 aromatic carbocycles. The van der Waals surface area contributed by atoms with Gasteiger partial charge in [0.1, 0.15) is 6.04 Å². The molecule has 0 radical (unpaired) electrons. The summed E-state index contributed by atoms with van der Waals surface area (Å²) in [4.78, 5) is 12.1. The normalized spacial score (nSPS) is 27.1. The topological polar surface area (TPSA) is 66.5 Å². The van der Waals surface area contributed by atoms with Gasteiger partial charge in [-0.2, -0.15) is 4.31 Å². The van der Waals surface area contributed by atoms with E-state index in [1.54, 1.807) is 0 Å². The van der Waals surface area contributed by atoms with Crippen molar-refractivity contribution < 1.29 is 13.2 Å². The summed E-state index contributed by atoms with van der Waals surface area (Å²) in [6.45, 7) is 3.92. The van der Waals surface area contributed by atoms with E-state index in [4.69, 9.17) is 0 Å². The summed E-state index contributed by atoms with van der Waals surface area (Å²) in [7, 11) is -3.25. The summed E-state index contributed by atoms with van der Waals surface area (Å²) < 4.78 is 25.8. The van der Waals surface area contributed by atoms with Crippen LogP contribution in [0, 0.1) is 0 Å². The molecule has 0 aromatic heterocycles. The Hall–Kier alpha value is -0.270. The maximum absolute atomic E-state index is 12.2. The highest BCUT2D eigenvalue weighted by Crippen LogP contribution is 2.35. The van der Waals surface area contributed by atoms with Gasteiger partial charge in [0.05, 0.1) is 11.1 Å². The predicted octanol–water partition coefficient (Wildman–Crippen LogP) is 0.768. The molecule has 2 atom stereocenters. The van der Waals surface area contributed by atoms with Gasteiger partial charge in [-0.25, -0.2) is 8.42 Å². The number of thioether (sulfide) groups is 1. The van der Waals surface area contributed by atoms with Crippen molar-refractivity contribution in [3.63, 3.8) is 0 Å². The molecule has 2 aliphatic rings. The van der Waals surface area contributed by atoms with Crippen LogP contribution in [0.1, 0.15) is 33.1 Å². The van der Waals surface area contributed by atoms with E-state index in [0.29, 0.717) is 11.6 Å². The molecule has 2 rings (SSSR count). The zero-order valence-corrected chi connectivity index (χ0v) is 12.4. The van der Waals surface area contributed by atoms with Crippen molar-refractivity contribution >= 4 is 27.7 Å². The molecule has 2 fully saturated rings. The molecule has 1 heterocycles. The number of nitrogens with one attached hydrogen (secondary N) is 1. The third kappa shape index (κ3) is 2.83. The number of nitrogens with zero attached hydrogens (tertiary/aromatic N) is 1. The lowest BCUT2D eigenvalue weighted by molar-refractivity contribution is -0.124. The molecule has 1 aliphatic carbocycles. The SMILES string of the molecule is CC[C@@H](C)NC(=O)[C@@H]1CSCN1S(=O)(=O)C1CC1. The van der Waals surface area contributed by atoms with E-state index in [2.05, 4.69) is 5.32 Å². The van der Waals surface area contributed by atoms with Crippen LogP contribution in [0.2, 0.25) is 0 Å². The van der Waals surface area contributed by atoms with Crippen LogP contribution in [0.3, 0.4) is 0 Å². The first-order valence-corrected chi connectivity index (χ1v) is 9.01. The van der Waals surface area contributed by atoms with Crippen LogP contribution in [0.4, 0.5) is 0 Å². The fraction of sp³-hybridized carbons (Fsp3) is 0.909. The number of hydrogen-bond acceptors (Lipinski definition) is 4. The molecule has 1 saturated carbocycles. The third-order valence-corrected chi connectivity index (χ3v) is 6.94. The maximum Gasteiger partial charge on any atom is 0.239 e. The Morgan fingerprint density at radius 2 is 2.17 bits per heavy atom. The molecule has 104 valence electrons. The maximum atomic E-state index is 12.2. The van der Waals surface area contributed by atoms with E-state index in [-0.39, 0.29) is 17.2 Å². The highest BCUT2D eigenvalue weighted by atomic mass is 32.2. The summed E-state index contributed by atoms with van der Waals surface area (Å²) in [5.74, 6) is 0.824. The average molecular weight is 292 g/mol. The van der Waals surface area contributed by atoms with Gasteiger partial charge in [-0.1, -0.05) is 6.92 Å². The van der Waals surface area contributed by atoms with Crippen molar-refractivity contribution in [1.29, 1.82) is 0 Å². The summed E-state index contributed by atoms with van der Waals surface area (Å²) >= 11 is 1.51. The highest BCUT2D eigenvalue weighted by molar-refractivity contribution is 8.00. The molecule has 5 nitrogen and oxygen atoms in total. The van der Waals surface area contributed by atoms with E-state index >= 15 is 0 Å². The lowest BCUT2D eigenvalue weighted by Crippen LogP contribution is -2.50. The Kier molecular flexibility index (Phi) is 4.23. The fourth-order valence-electron chi connectivity index (χ4n) is 1.88. The van der Waals surface area contributed by atoms with E-state index in [9.17, 15) is 13.2 Å². The van der Waals surface area contributed by atoms with Crippen molar-refractivity contribution in [2.75, 3.05) is 11.6 Å². The summed E-state index contributed by atoms with van der Waals surface area (Å²) in [6.07, 6.45) is 2.33. The van der Waals surface area contributed by atoms with Crippen LogP contribution in [0.25, 0.3) is 0 Å². The van der Waals surface area contributed by atoms with Gasteiger partial charge in [0.25, 0.3) is 0 Å². The summed E-state index contributed by atoms with van der Waals surface area (Å²) in [6, 6.07) is -0.428. The van der Waals surface area contributed by atoms with Crippen LogP contribution in [-0.2, 0) is 14.8 Å². The molecule has 7 heteroatoms. The molecule has 1 amide bonds. The van der Waals surface area contributed by atoms with Crippen molar-refractivity contribution in [1.82, 2.24) is 9.62 Å². The molecular formula is C11H20N2O3S2. The number of carbonyl (C=O) groups is 1. The molecule has 1 aliphatic heterocycles. The number of amides is 1. The van der Waals surface area contributed by atoms with Crippen molar-refractivity contribution in [3.8, 4) is 0 Å². The Bertz CT molecular complexity index is 420. The lowest BCUT2D eigenvalue weighted by atomic mass is 10.2. The second kappa shape index (κ2) is 5.38. The van der Waals surface area contributed by atoms with Crippen LogP contribution < -0.4 is 5.32 Å². The number of sulfonamides is 1. The number of carbonyl (C=O) groups excluding carboxylic acids is 1. The van der Waals surface area contributed by atoms with Gasteiger partial charge < -0.3 is 5.32 Å². The minimum absolute atomic E-state index is 0.0913. The van der Waals surface area contributed by atoms with Crippen molar-refractivity contribution in [2.45, 2.75) is 50.4 Å². The summed E-state index contributed by atoms with van der Waals surface area (Å²) in [5, 5.41) is 2.63. The molecule has 18 heavy (non-hydrogen) atoms. The quantitative estimate of drug-likeness (QED) is 0.813. The molecule has 0 bridgehead atoms. The van der Waals surface area contributed by atoms with E-state index in [1.807, 2.05) is 13.8 Å². The standard InChI is InChI=1S/C11H20N2O3S2/c1-3-8(2)12-11(14)10-6-17-7-13(10)18(15,16)9-4-5-9/h8-10H,3-7H2,1-2H3,(H,12,14)/t8-,10+/m1/s1. The van der Waals surface area contributed by atoms with Gasteiger partial charge in [-0.15, -0.1) is 11.8 Å². The molecule has 1 N–H and O–H groups in total. The fourth-order valence-corrected chi connectivity index (χ4v) is 5.45. The minimum atomic E-state index is -3.25. The third-order valence-electron chi connectivity index (χ3n) is 3.42. The first-order valence-electron chi connectivity index (χ1n) is 6.35. The molecule has 0 aromatic rings. The minimum Gasteiger partial charge on any atom is -0.352 e. The predicted molar refractivity (Wildman–Crippen MR) is 72.8 cm³/mol. The van der Waals surface area contributed by atoms with Gasteiger partial charge in [-0.05, 0) is 26.2 Å². The van der Waals surface area contributed by atoms with Crippen LogP contribution >= 0.6 is 11.8 Å². The number of rotatable bonds is 5. The Morgan fingerprint density at radius 1 is 1.50 bits per heavy atom. The number of hydrogen-bond donors (Lipinski definition) is 1. The largest absolute Gasteiger partial charge is 0.352 e. The van der Waals surface area contributed by atoms with E-state index < -0.39 is 16.1 Å². The summed E-state index contributed by atoms with van der Waals surface area (Å²) in [5.41, 5.74) is 0. The monoisotopic (exact) mass is 292 g/mol. The smallest absolute Gasteiger partial charge is 0.239 e. The second-order valence-corrected chi connectivity index (χ2v) is 8.13. The van der Waals surface area contributed by atoms with Gasteiger partial charge in [0.2, 0.25) is 15.9 Å².